The number of carbonyl (C=O) groups excluding carboxylic acids is 1. The largest absolute Gasteiger partial charge is 0.488 e. The van der Waals surface area contributed by atoms with E-state index in [1.165, 1.54) is 5.39 Å². The summed E-state index contributed by atoms with van der Waals surface area (Å²) in [5.74, 6) is 0.161. The summed E-state index contributed by atoms with van der Waals surface area (Å²) in [6.07, 6.45) is 1.57. The molecule has 0 aliphatic rings. The zero-order chi connectivity index (χ0) is 23.2. The summed E-state index contributed by atoms with van der Waals surface area (Å²) in [6, 6.07) is 29.5. The standard InChI is InChI=1S/C29H24N2O2/c1-20-8-7-12-27(21(20)2)31-29(32)26(18-30)17-25-11-5-6-13-28(25)33-19-22-14-15-23-9-3-4-10-24(23)16-22/h3-17H,19H2,1-2H3,(H,31,32)/b26-17+. The SMILES string of the molecule is Cc1cccc(NC(=O)/C(C#N)=C/c2ccccc2OCc2ccc3ccccc3c2)c1C. The van der Waals surface area contributed by atoms with Gasteiger partial charge in [0.15, 0.2) is 0 Å². The number of nitriles is 1. The van der Waals surface area contributed by atoms with Gasteiger partial charge in [-0.1, -0.05) is 66.7 Å². The third kappa shape index (κ3) is 5.11. The molecule has 0 aliphatic carbocycles. The van der Waals surface area contributed by atoms with Crippen LogP contribution in [0, 0.1) is 25.2 Å². The maximum absolute atomic E-state index is 12.8. The van der Waals surface area contributed by atoms with Crippen molar-refractivity contribution in [3.63, 3.8) is 0 Å². The van der Waals surface area contributed by atoms with Gasteiger partial charge in [0.25, 0.3) is 5.91 Å². The fourth-order valence-corrected chi connectivity index (χ4v) is 3.60. The molecule has 0 unspecified atom stereocenters. The molecule has 4 heteroatoms. The van der Waals surface area contributed by atoms with Crippen molar-refractivity contribution in [3.8, 4) is 11.8 Å². The van der Waals surface area contributed by atoms with Crippen molar-refractivity contribution < 1.29 is 9.53 Å². The first-order valence-electron chi connectivity index (χ1n) is 10.7. The van der Waals surface area contributed by atoms with Crippen LogP contribution in [0.15, 0.2) is 90.5 Å². The molecular formula is C29H24N2O2. The quantitative estimate of drug-likeness (QED) is 0.276. The lowest BCUT2D eigenvalue weighted by atomic mass is 10.1. The van der Waals surface area contributed by atoms with Crippen molar-refractivity contribution in [3.05, 3.63) is 113 Å². The highest BCUT2D eigenvalue weighted by Crippen LogP contribution is 2.24. The Balaban J connectivity index is 1.54. The minimum atomic E-state index is -0.449. The Kier molecular flexibility index (Phi) is 6.52. The fourth-order valence-electron chi connectivity index (χ4n) is 3.60. The normalized spacial score (nSPS) is 11.1. The second-order valence-electron chi connectivity index (χ2n) is 7.88. The number of benzene rings is 4. The summed E-state index contributed by atoms with van der Waals surface area (Å²) in [6.45, 7) is 4.30. The molecule has 0 saturated heterocycles. The summed E-state index contributed by atoms with van der Waals surface area (Å²) in [5, 5.41) is 14.8. The highest BCUT2D eigenvalue weighted by molar-refractivity contribution is 6.10. The van der Waals surface area contributed by atoms with Gasteiger partial charge in [-0.15, -0.1) is 0 Å². The summed E-state index contributed by atoms with van der Waals surface area (Å²) in [5.41, 5.74) is 4.47. The number of hydrogen-bond acceptors (Lipinski definition) is 3. The summed E-state index contributed by atoms with van der Waals surface area (Å²) < 4.78 is 6.06. The molecule has 162 valence electrons. The van der Waals surface area contributed by atoms with Gasteiger partial charge in [-0.25, -0.2) is 0 Å². The maximum Gasteiger partial charge on any atom is 0.266 e. The van der Waals surface area contributed by atoms with E-state index in [-0.39, 0.29) is 5.57 Å². The highest BCUT2D eigenvalue weighted by atomic mass is 16.5. The summed E-state index contributed by atoms with van der Waals surface area (Å²) >= 11 is 0. The van der Waals surface area contributed by atoms with Crippen LogP contribution in [0.4, 0.5) is 5.69 Å². The Morgan fingerprint density at radius 2 is 1.70 bits per heavy atom. The average molecular weight is 433 g/mol. The molecule has 0 aliphatic heterocycles. The van der Waals surface area contributed by atoms with Gasteiger partial charge in [0.1, 0.15) is 24.0 Å². The Morgan fingerprint density at radius 1 is 0.939 bits per heavy atom. The van der Waals surface area contributed by atoms with Gasteiger partial charge >= 0.3 is 0 Å². The zero-order valence-corrected chi connectivity index (χ0v) is 18.6. The van der Waals surface area contributed by atoms with Crippen molar-refractivity contribution in [1.29, 1.82) is 5.26 Å². The lowest BCUT2D eigenvalue weighted by Crippen LogP contribution is -2.14. The fraction of sp³-hybridized carbons (Fsp3) is 0.103. The van der Waals surface area contributed by atoms with Crippen molar-refractivity contribution in [2.24, 2.45) is 0 Å². The van der Waals surface area contributed by atoms with E-state index in [0.717, 1.165) is 22.1 Å². The van der Waals surface area contributed by atoms with Crippen LogP contribution in [0.2, 0.25) is 0 Å². The second kappa shape index (κ2) is 9.84. The topological polar surface area (TPSA) is 62.1 Å². The Morgan fingerprint density at radius 3 is 2.52 bits per heavy atom. The smallest absolute Gasteiger partial charge is 0.266 e. The van der Waals surface area contributed by atoms with Gasteiger partial charge in [0.2, 0.25) is 0 Å². The minimum Gasteiger partial charge on any atom is -0.488 e. The lowest BCUT2D eigenvalue weighted by Gasteiger charge is -2.12. The number of fused-ring (bicyclic) bond motifs is 1. The molecule has 4 rings (SSSR count). The Labute approximate surface area is 193 Å². The van der Waals surface area contributed by atoms with Crippen LogP contribution in [-0.2, 0) is 11.4 Å². The van der Waals surface area contributed by atoms with Crippen molar-refractivity contribution in [2.45, 2.75) is 20.5 Å². The van der Waals surface area contributed by atoms with Crippen LogP contribution in [0.25, 0.3) is 16.8 Å². The number of amides is 1. The summed E-state index contributed by atoms with van der Waals surface area (Å²) in [7, 11) is 0. The number of rotatable bonds is 6. The molecular weight excluding hydrogens is 408 g/mol. The predicted molar refractivity (Wildman–Crippen MR) is 133 cm³/mol. The van der Waals surface area contributed by atoms with E-state index in [4.69, 9.17) is 4.74 Å². The van der Waals surface area contributed by atoms with Gasteiger partial charge < -0.3 is 10.1 Å². The monoisotopic (exact) mass is 432 g/mol. The van der Waals surface area contributed by atoms with Crippen LogP contribution >= 0.6 is 0 Å². The first-order valence-corrected chi connectivity index (χ1v) is 10.7. The molecule has 0 heterocycles. The molecule has 0 spiro atoms. The van der Waals surface area contributed by atoms with E-state index in [1.807, 2.05) is 80.6 Å². The number of aryl methyl sites for hydroxylation is 1. The van der Waals surface area contributed by atoms with Crippen LogP contribution in [-0.4, -0.2) is 5.91 Å². The first kappa shape index (κ1) is 21.9. The van der Waals surface area contributed by atoms with Crippen LogP contribution < -0.4 is 10.1 Å². The van der Waals surface area contributed by atoms with Crippen LogP contribution in [0.5, 0.6) is 5.75 Å². The van der Waals surface area contributed by atoms with Crippen LogP contribution in [0.3, 0.4) is 0 Å². The molecule has 0 fully saturated rings. The number of nitrogens with zero attached hydrogens (tertiary/aromatic N) is 1. The number of ether oxygens (including phenoxy) is 1. The number of para-hydroxylation sites is 1. The number of hydrogen-bond donors (Lipinski definition) is 1. The number of anilines is 1. The minimum absolute atomic E-state index is 0.0117. The van der Waals surface area contributed by atoms with E-state index < -0.39 is 5.91 Å². The molecule has 33 heavy (non-hydrogen) atoms. The molecule has 0 radical (unpaired) electrons. The Hall–Kier alpha value is -4.36. The van der Waals surface area contributed by atoms with Crippen LogP contribution in [0.1, 0.15) is 22.3 Å². The van der Waals surface area contributed by atoms with Gasteiger partial charge in [-0.05, 0) is 65.6 Å². The van der Waals surface area contributed by atoms with Crippen molar-refractivity contribution in [2.75, 3.05) is 5.32 Å². The lowest BCUT2D eigenvalue weighted by molar-refractivity contribution is -0.112. The molecule has 1 N–H and O–H groups in total. The van der Waals surface area contributed by atoms with E-state index in [0.29, 0.717) is 23.6 Å². The Bertz CT molecular complexity index is 1400. The van der Waals surface area contributed by atoms with Gasteiger partial charge in [-0.3, -0.25) is 4.79 Å². The number of nitrogens with one attached hydrogen (secondary N) is 1. The van der Waals surface area contributed by atoms with Crippen molar-refractivity contribution in [1.82, 2.24) is 0 Å². The van der Waals surface area contributed by atoms with Crippen molar-refractivity contribution >= 4 is 28.4 Å². The first-order chi connectivity index (χ1) is 16.0. The molecule has 1 amide bonds. The molecule has 4 aromatic carbocycles. The van der Waals surface area contributed by atoms with E-state index in [1.54, 1.807) is 6.08 Å². The van der Waals surface area contributed by atoms with E-state index in [9.17, 15) is 10.1 Å². The van der Waals surface area contributed by atoms with Gasteiger partial charge in [-0.2, -0.15) is 5.26 Å². The third-order valence-corrected chi connectivity index (χ3v) is 5.64. The molecule has 0 aromatic heterocycles. The average Bonchev–Trinajstić information content (AvgIpc) is 2.84. The predicted octanol–water partition coefficient (Wildman–Crippen LogP) is 6.58. The highest BCUT2D eigenvalue weighted by Gasteiger charge is 2.13. The third-order valence-electron chi connectivity index (χ3n) is 5.64. The molecule has 0 saturated carbocycles. The maximum atomic E-state index is 12.8. The number of carbonyl (C=O) groups is 1. The van der Waals surface area contributed by atoms with Gasteiger partial charge in [0.05, 0.1) is 0 Å². The molecule has 4 aromatic rings. The summed E-state index contributed by atoms with van der Waals surface area (Å²) in [4.78, 5) is 12.8. The van der Waals surface area contributed by atoms with E-state index >= 15 is 0 Å². The molecule has 0 atom stereocenters. The van der Waals surface area contributed by atoms with E-state index in [2.05, 4.69) is 29.6 Å². The van der Waals surface area contributed by atoms with Gasteiger partial charge in [0, 0.05) is 11.3 Å². The molecule has 4 nitrogen and oxygen atoms in total. The zero-order valence-electron chi connectivity index (χ0n) is 18.6. The molecule has 0 bridgehead atoms. The second-order valence-corrected chi connectivity index (χ2v) is 7.88.